The van der Waals surface area contributed by atoms with E-state index in [9.17, 15) is 19.8 Å². The van der Waals surface area contributed by atoms with Crippen molar-refractivity contribution < 1.29 is 20.1 Å². The van der Waals surface area contributed by atoms with Gasteiger partial charge in [0.25, 0.3) is 5.56 Å². The fraction of sp³-hybridized carbons (Fsp3) is 0.545. The highest BCUT2D eigenvalue weighted by atomic mass is 16.6. The minimum Gasteiger partial charge on any atom is -0.394 e. The van der Waals surface area contributed by atoms with Crippen LogP contribution in [0.2, 0.25) is 0 Å². The number of nitriles is 1. The van der Waals surface area contributed by atoms with Crippen LogP contribution < -0.4 is 11.2 Å². The van der Waals surface area contributed by atoms with Gasteiger partial charge in [0.15, 0.2) is 6.23 Å². The predicted octanol–water partition coefficient (Wildman–Crippen LogP) is -2.79. The van der Waals surface area contributed by atoms with Crippen LogP contribution in [-0.2, 0) is 11.2 Å². The second kappa shape index (κ2) is 5.56. The van der Waals surface area contributed by atoms with E-state index in [0.717, 1.165) is 10.8 Å². The maximum absolute atomic E-state index is 11.7. The Morgan fingerprint density at radius 3 is 2.65 bits per heavy atom. The lowest BCUT2D eigenvalue weighted by Crippen LogP contribution is -2.38. The molecule has 0 amide bonds. The minimum atomic E-state index is -1.44. The lowest BCUT2D eigenvalue weighted by Gasteiger charge is -2.17. The molecule has 108 valence electrons. The van der Waals surface area contributed by atoms with Crippen molar-refractivity contribution in [3.63, 3.8) is 0 Å². The van der Waals surface area contributed by atoms with E-state index in [1.54, 1.807) is 6.07 Å². The Morgan fingerprint density at radius 1 is 1.40 bits per heavy atom. The summed E-state index contributed by atoms with van der Waals surface area (Å²) in [6, 6.07) is 1.77. The number of H-pyrrole nitrogens is 1. The Hall–Kier alpha value is -1.99. The number of aliphatic hydroxyl groups excluding tert-OH is 3. The third-order valence-corrected chi connectivity index (χ3v) is 3.10. The van der Waals surface area contributed by atoms with Gasteiger partial charge in [0, 0.05) is 11.8 Å². The first-order valence-electron chi connectivity index (χ1n) is 5.83. The van der Waals surface area contributed by atoms with Gasteiger partial charge in [0.1, 0.15) is 18.3 Å². The molecule has 2 heterocycles. The molecule has 9 nitrogen and oxygen atoms in total. The first-order valence-corrected chi connectivity index (χ1v) is 5.83. The average molecular weight is 283 g/mol. The van der Waals surface area contributed by atoms with Crippen molar-refractivity contribution in [2.75, 3.05) is 6.61 Å². The molecule has 9 heteroatoms. The second-order valence-electron chi connectivity index (χ2n) is 4.38. The molecule has 1 aliphatic heterocycles. The van der Waals surface area contributed by atoms with Crippen LogP contribution in [0.3, 0.4) is 0 Å². The molecule has 0 spiro atoms. The molecule has 0 unspecified atom stereocenters. The lowest BCUT2D eigenvalue weighted by molar-refractivity contribution is -0.0551. The third-order valence-electron chi connectivity index (χ3n) is 3.10. The molecule has 0 bridgehead atoms. The summed E-state index contributed by atoms with van der Waals surface area (Å²) in [7, 11) is 0. The first-order chi connectivity index (χ1) is 9.49. The highest BCUT2D eigenvalue weighted by molar-refractivity contribution is 5.10. The molecule has 0 aliphatic carbocycles. The Bertz CT molecular complexity index is 645. The van der Waals surface area contributed by atoms with Crippen LogP contribution in [0.1, 0.15) is 11.8 Å². The van der Waals surface area contributed by atoms with Gasteiger partial charge in [-0.25, -0.2) is 4.79 Å². The normalized spacial score (nSPS) is 29.3. The molecule has 2 rings (SSSR count). The van der Waals surface area contributed by atoms with Crippen molar-refractivity contribution in [3.8, 4) is 6.07 Å². The van der Waals surface area contributed by atoms with Gasteiger partial charge in [-0.1, -0.05) is 0 Å². The number of nitrogens with zero attached hydrogens (tertiary/aromatic N) is 2. The number of rotatable bonds is 3. The SMILES string of the molecule is N#CCc1cn([C@@H]2O[C@H](CO)[C@@H](O)[C@@H]2O)c(=O)[nH]c1=O. The Kier molecular flexibility index (Phi) is 4.01. The summed E-state index contributed by atoms with van der Waals surface area (Å²) >= 11 is 0. The van der Waals surface area contributed by atoms with Crippen molar-refractivity contribution in [3.05, 3.63) is 32.6 Å². The molecule has 1 fully saturated rings. The topological polar surface area (TPSA) is 149 Å². The van der Waals surface area contributed by atoms with Crippen LogP contribution in [0.5, 0.6) is 0 Å². The monoisotopic (exact) mass is 283 g/mol. The zero-order valence-corrected chi connectivity index (χ0v) is 10.3. The zero-order chi connectivity index (χ0) is 14.9. The van der Waals surface area contributed by atoms with E-state index in [0.29, 0.717) is 0 Å². The van der Waals surface area contributed by atoms with Gasteiger partial charge < -0.3 is 20.1 Å². The van der Waals surface area contributed by atoms with E-state index in [1.165, 1.54) is 0 Å². The molecule has 4 N–H and O–H groups in total. The van der Waals surface area contributed by atoms with Gasteiger partial charge in [-0.05, 0) is 0 Å². The van der Waals surface area contributed by atoms with Crippen LogP contribution in [0.15, 0.2) is 15.8 Å². The van der Waals surface area contributed by atoms with E-state index in [-0.39, 0.29) is 12.0 Å². The van der Waals surface area contributed by atoms with Crippen molar-refractivity contribution >= 4 is 0 Å². The quantitative estimate of drug-likeness (QED) is 0.468. The lowest BCUT2D eigenvalue weighted by atomic mass is 10.1. The van der Waals surface area contributed by atoms with Gasteiger partial charge in [0.2, 0.25) is 0 Å². The number of hydrogen-bond donors (Lipinski definition) is 4. The van der Waals surface area contributed by atoms with Crippen molar-refractivity contribution in [2.24, 2.45) is 0 Å². The maximum atomic E-state index is 11.7. The van der Waals surface area contributed by atoms with Gasteiger partial charge in [-0.15, -0.1) is 0 Å². The standard InChI is InChI=1S/C11H13N3O6/c12-2-1-5-3-14(11(19)13-9(5)18)10-8(17)7(16)6(4-15)20-10/h3,6-8,10,15-17H,1,4H2,(H,13,18,19)/t6-,7-,8+,10-/m1/s1. The predicted molar refractivity (Wildman–Crippen MR) is 63.6 cm³/mol. The summed E-state index contributed by atoms with van der Waals surface area (Å²) in [5.41, 5.74) is -1.50. The summed E-state index contributed by atoms with van der Waals surface area (Å²) < 4.78 is 6.07. The molecule has 1 aromatic heterocycles. The van der Waals surface area contributed by atoms with Crippen LogP contribution in [0.4, 0.5) is 0 Å². The molecule has 1 aromatic rings. The van der Waals surface area contributed by atoms with E-state index in [2.05, 4.69) is 0 Å². The smallest absolute Gasteiger partial charge is 0.330 e. The van der Waals surface area contributed by atoms with Gasteiger partial charge >= 0.3 is 5.69 Å². The summed E-state index contributed by atoms with van der Waals surface area (Å²) in [6.45, 7) is -0.530. The van der Waals surface area contributed by atoms with E-state index in [4.69, 9.17) is 15.1 Å². The molecule has 0 saturated carbocycles. The molecule has 1 saturated heterocycles. The van der Waals surface area contributed by atoms with Crippen LogP contribution in [0, 0.1) is 11.3 Å². The van der Waals surface area contributed by atoms with Crippen LogP contribution in [-0.4, -0.2) is 49.8 Å². The number of hydrogen-bond acceptors (Lipinski definition) is 7. The molecule has 1 aliphatic rings. The highest BCUT2D eigenvalue weighted by Crippen LogP contribution is 2.27. The summed E-state index contributed by atoms with van der Waals surface area (Å²) in [5, 5.41) is 37.0. The van der Waals surface area contributed by atoms with Crippen molar-refractivity contribution in [1.29, 1.82) is 5.26 Å². The van der Waals surface area contributed by atoms with Crippen LogP contribution >= 0.6 is 0 Å². The highest BCUT2D eigenvalue weighted by Gasteiger charge is 2.43. The summed E-state index contributed by atoms with van der Waals surface area (Å²) in [5.74, 6) is 0. The minimum absolute atomic E-state index is 0.0323. The largest absolute Gasteiger partial charge is 0.394 e. The summed E-state index contributed by atoms with van der Waals surface area (Å²) in [4.78, 5) is 25.2. The molecular formula is C11H13N3O6. The third kappa shape index (κ3) is 2.37. The fourth-order valence-electron chi connectivity index (χ4n) is 2.04. The fourth-order valence-corrected chi connectivity index (χ4v) is 2.04. The zero-order valence-electron chi connectivity index (χ0n) is 10.3. The van der Waals surface area contributed by atoms with Gasteiger partial charge in [-0.3, -0.25) is 14.3 Å². The molecule has 20 heavy (non-hydrogen) atoms. The summed E-state index contributed by atoms with van der Waals surface area (Å²) in [6.07, 6.45) is -4.19. The maximum Gasteiger partial charge on any atom is 0.330 e. The number of nitrogens with one attached hydrogen (secondary N) is 1. The van der Waals surface area contributed by atoms with E-state index >= 15 is 0 Å². The van der Waals surface area contributed by atoms with E-state index in [1.807, 2.05) is 4.98 Å². The second-order valence-corrected chi connectivity index (χ2v) is 4.38. The molecular weight excluding hydrogens is 270 g/mol. The van der Waals surface area contributed by atoms with Crippen molar-refractivity contribution in [2.45, 2.75) is 31.0 Å². The number of aromatic nitrogens is 2. The molecule has 0 radical (unpaired) electrons. The molecule has 4 atom stereocenters. The van der Waals surface area contributed by atoms with Gasteiger partial charge in [0.05, 0.1) is 19.1 Å². The number of aromatic amines is 1. The average Bonchev–Trinajstić information content (AvgIpc) is 2.70. The Labute approximate surface area is 112 Å². The van der Waals surface area contributed by atoms with Gasteiger partial charge in [-0.2, -0.15) is 5.26 Å². The van der Waals surface area contributed by atoms with Crippen LogP contribution in [0.25, 0.3) is 0 Å². The van der Waals surface area contributed by atoms with Crippen molar-refractivity contribution in [1.82, 2.24) is 9.55 Å². The Morgan fingerprint density at radius 2 is 2.10 bits per heavy atom. The number of aliphatic hydroxyl groups is 3. The first kappa shape index (κ1) is 14.4. The van der Waals surface area contributed by atoms with E-state index < -0.39 is 42.4 Å². The number of ether oxygens (including phenoxy) is 1. The Balaban J connectivity index is 2.43. The molecule has 0 aromatic carbocycles.